The molecule has 1 atom stereocenters. The van der Waals surface area contributed by atoms with Crippen LogP contribution in [0, 0.1) is 0 Å². The highest BCUT2D eigenvalue weighted by Crippen LogP contribution is 2.32. The lowest BCUT2D eigenvalue weighted by Gasteiger charge is -2.23. The first kappa shape index (κ1) is 15.3. The third-order valence-electron chi connectivity index (χ3n) is 4.41. The van der Waals surface area contributed by atoms with Gasteiger partial charge in [0.15, 0.2) is 0 Å². The van der Waals surface area contributed by atoms with E-state index < -0.39 is 10.0 Å². The highest BCUT2D eigenvalue weighted by molar-refractivity contribution is 7.89. The standard InChI is InChI=1S/C15H21N3O3S/c1-12-14-6-3-2-5-13(14)11-18(12)15(19)16-7-9-17-8-4-10-22(17,20)21/h2-3,5-6,12H,4,7-11H2,1H3,(H,16,19). The van der Waals surface area contributed by atoms with E-state index in [0.29, 0.717) is 32.6 Å². The summed E-state index contributed by atoms with van der Waals surface area (Å²) >= 11 is 0. The number of fused-ring (bicyclic) bond motifs is 1. The summed E-state index contributed by atoms with van der Waals surface area (Å²) in [5.41, 5.74) is 2.35. The van der Waals surface area contributed by atoms with Crippen LogP contribution in [0.1, 0.15) is 30.5 Å². The minimum Gasteiger partial charge on any atom is -0.337 e. The number of urea groups is 1. The number of hydrogen-bond acceptors (Lipinski definition) is 3. The second kappa shape index (κ2) is 5.89. The van der Waals surface area contributed by atoms with Crippen LogP contribution in [-0.4, -0.2) is 49.0 Å². The number of benzene rings is 1. The van der Waals surface area contributed by atoms with Crippen molar-refractivity contribution in [3.63, 3.8) is 0 Å². The molecule has 0 aromatic heterocycles. The predicted octanol–water partition coefficient (Wildman–Crippen LogP) is 1.31. The van der Waals surface area contributed by atoms with E-state index in [9.17, 15) is 13.2 Å². The quantitative estimate of drug-likeness (QED) is 0.912. The monoisotopic (exact) mass is 323 g/mol. The van der Waals surface area contributed by atoms with E-state index in [1.807, 2.05) is 31.2 Å². The molecule has 2 aliphatic rings. The van der Waals surface area contributed by atoms with Crippen LogP contribution in [0.2, 0.25) is 0 Å². The zero-order valence-corrected chi connectivity index (χ0v) is 13.5. The van der Waals surface area contributed by atoms with E-state index in [1.54, 1.807) is 4.90 Å². The summed E-state index contributed by atoms with van der Waals surface area (Å²) in [6.45, 7) is 3.87. The molecule has 7 heteroatoms. The Labute approximate surface area is 131 Å². The number of nitrogens with zero attached hydrogens (tertiary/aromatic N) is 2. The Balaban J connectivity index is 1.54. The maximum atomic E-state index is 12.3. The molecule has 1 aromatic rings. The summed E-state index contributed by atoms with van der Waals surface area (Å²) < 4.78 is 24.8. The van der Waals surface area contributed by atoms with Gasteiger partial charge in [-0.2, -0.15) is 0 Å². The van der Waals surface area contributed by atoms with Crippen molar-refractivity contribution in [3.8, 4) is 0 Å². The summed E-state index contributed by atoms with van der Waals surface area (Å²) in [5, 5.41) is 2.84. The molecule has 6 nitrogen and oxygen atoms in total. The van der Waals surface area contributed by atoms with Gasteiger partial charge in [-0.3, -0.25) is 0 Å². The van der Waals surface area contributed by atoms with E-state index >= 15 is 0 Å². The molecule has 120 valence electrons. The smallest absolute Gasteiger partial charge is 0.318 e. The van der Waals surface area contributed by atoms with Crippen molar-refractivity contribution in [1.82, 2.24) is 14.5 Å². The van der Waals surface area contributed by atoms with Crippen LogP contribution in [0.3, 0.4) is 0 Å². The lowest BCUT2D eigenvalue weighted by molar-refractivity contribution is 0.184. The molecule has 1 unspecified atom stereocenters. The van der Waals surface area contributed by atoms with Gasteiger partial charge >= 0.3 is 6.03 Å². The Morgan fingerprint density at radius 2 is 2.14 bits per heavy atom. The molecule has 0 spiro atoms. The average Bonchev–Trinajstić information content (AvgIpc) is 3.00. The second-order valence-electron chi connectivity index (χ2n) is 5.80. The number of sulfonamides is 1. The van der Waals surface area contributed by atoms with E-state index in [1.165, 1.54) is 15.4 Å². The van der Waals surface area contributed by atoms with Crippen LogP contribution in [0.25, 0.3) is 0 Å². The SMILES string of the molecule is CC1c2ccccc2CN1C(=O)NCCN1CCCS1(=O)=O. The third-order valence-corrected chi connectivity index (χ3v) is 6.37. The van der Waals surface area contributed by atoms with Gasteiger partial charge in [0.25, 0.3) is 0 Å². The Hall–Kier alpha value is -1.60. The van der Waals surface area contributed by atoms with Crippen molar-refractivity contribution in [2.75, 3.05) is 25.4 Å². The fraction of sp³-hybridized carbons (Fsp3) is 0.533. The fourth-order valence-corrected chi connectivity index (χ4v) is 4.68. The molecule has 0 radical (unpaired) electrons. The number of carbonyl (C=O) groups excluding carboxylic acids is 1. The average molecular weight is 323 g/mol. The summed E-state index contributed by atoms with van der Waals surface area (Å²) in [4.78, 5) is 14.1. The molecule has 22 heavy (non-hydrogen) atoms. The first-order valence-corrected chi connectivity index (χ1v) is 9.20. The van der Waals surface area contributed by atoms with Crippen molar-refractivity contribution in [2.24, 2.45) is 0 Å². The summed E-state index contributed by atoms with van der Waals surface area (Å²) in [6.07, 6.45) is 0.675. The van der Waals surface area contributed by atoms with Gasteiger partial charge in [-0.15, -0.1) is 0 Å². The van der Waals surface area contributed by atoms with Crippen LogP contribution >= 0.6 is 0 Å². The van der Waals surface area contributed by atoms with Gasteiger partial charge in [0.2, 0.25) is 10.0 Å². The molecule has 3 rings (SSSR count). The lowest BCUT2D eigenvalue weighted by Crippen LogP contribution is -2.42. The van der Waals surface area contributed by atoms with E-state index in [2.05, 4.69) is 5.32 Å². The minimum absolute atomic E-state index is 0.0479. The lowest BCUT2D eigenvalue weighted by atomic mass is 10.1. The van der Waals surface area contributed by atoms with Gasteiger partial charge in [-0.1, -0.05) is 24.3 Å². The van der Waals surface area contributed by atoms with Crippen LogP contribution in [0.15, 0.2) is 24.3 Å². The zero-order valence-electron chi connectivity index (χ0n) is 12.7. The number of nitrogens with one attached hydrogen (secondary N) is 1. The fourth-order valence-electron chi connectivity index (χ4n) is 3.15. The molecule has 1 aromatic carbocycles. The Kier molecular flexibility index (Phi) is 4.10. The van der Waals surface area contributed by atoms with Crippen molar-refractivity contribution < 1.29 is 13.2 Å². The predicted molar refractivity (Wildman–Crippen MR) is 83.8 cm³/mol. The number of amides is 2. The van der Waals surface area contributed by atoms with Gasteiger partial charge in [0.1, 0.15) is 0 Å². The molecule has 1 fully saturated rings. The zero-order chi connectivity index (χ0) is 15.7. The van der Waals surface area contributed by atoms with Gasteiger partial charge in [0.05, 0.1) is 11.8 Å². The molecular formula is C15H21N3O3S. The van der Waals surface area contributed by atoms with Crippen molar-refractivity contribution in [1.29, 1.82) is 0 Å². The first-order valence-electron chi connectivity index (χ1n) is 7.59. The van der Waals surface area contributed by atoms with Crippen LogP contribution in [0.4, 0.5) is 4.79 Å². The topological polar surface area (TPSA) is 69.7 Å². The van der Waals surface area contributed by atoms with Gasteiger partial charge in [0, 0.05) is 26.2 Å². The molecule has 2 aliphatic heterocycles. The van der Waals surface area contributed by atoms with Crippen LogP contribution < -0.4 is 5.32 Å². The normalized spacial score (nSPS) is 23.5. The number of rotatable bonds is 3. The van der Waals surface area contributed by atoms with Crippen molar-refractivity contribution in [3.05, 3.63) is 35.4 Å². The molecule has 0 bridgehead atoms. The summed E-state index contributed by atoms with van der Waals surface area (Å²) in [7, 11) is -3.09. The molecule has 2 heterocycles. The minimum atomic E-state index is -3.09. The Bertz CT molecular complexity index is 674. The third kappa shape index (κ3) is 2.83. The highest BCUT2D eigenvalue weighted by atomic mass is 32.2. The molecule has 1 saturated heterocycles. The largest absolute Gasteiger partial charge is 0.337 e. The van der Waals surface area contributed by atoms with Gasteiger partial charge in [-0.05, 0) is 24.5 Å². The van der Waals surface area contributed by atoms with Crippen LogP contribution in [-0.2, 0) is 16.6 Å². The van der Waals surface area contributed by atoms with Crippen molar-refractivity contribution in [2.45, 2.75) is 25.9 Å². The first-order chi connectivity index (χ1) is 10.5. The second-order valence-corrected chi connectivity index (χ2v) is 7.89. The Morgan fingerprint density at radius 1 is 1.36 bits per heavy atom. The Morgan fingerprint density at radius 3 is 2.82 bits per heavy atom. The maximum Gasteiger partial charge on any atom is 0.318 e. The maximum absolute atomic E-state index is 12.3. The summed E-state index contributed by atoms with van der Waals surface area (Å²) in [6, 6.07) is 7.95. The molecule has 1 N–H and O–H groups in total. The summed E-state index contributed by atoms with van der Waals surface area (Å²) in [5.74, 6) is 0.222. The van der Waals surface area contributed by atoms with E-state index in [4.69, 9.17) is 0 Å². The van der Waals surface area contributed by atoms with E-state index in [-0.39, 0.29) is 17.8 Å². The number of hydrogen-bond donors (Lipinski definition) is 1. The number of carbonyl (C=O) groups is 1. The molecular weight excluding hydrogens is 302 g/mol. The highest BCUT2D eigenvalue weighted by Gasteiger charge is 2.31. The molecule has 2 amide bonds. The van der Waals surface area contributed by atoms with Crippen molar-refractivity contribution >= 4 is 16.1 Å². The van der Waals surface area contributed by atoms with Gasteiger partial charge < -0.3 is 10.2 Å². The molecule has 0 aliphatic carbocycles. The van der Waals surface area contributed by atoms with Crippen LogP contribution in [0.5, 0.6) is 0 Å². The van der Waals surface area contributed by atoms with E-state index in [0.717, 1.165) is 0 Å². The molecule has 0 saturated carbocycles. The van der Waals surface area contributed by atoms with Gasteiger partial charge in [-0.25, -0.2) is 17.5 Å².